The van der Waals surface area contributed by atoms with Gasteiger partial charge in [-0.15, -0.1) is 0 Å². The molecule has 20 heavy (non-hydrogen) atoms. The summed E-state index contributed by atoms with van der Waals surface area (Å²) in [7, 11) is -3.45. The van der Waals surface area contributed by atoms with E-state index in [0.717, 1.165) is 18.4 Å². The molecule has 1 aliphatic rings. The second kappa shape index (κ2) is 6.47. The van der Waals surface area contributed by atoms with Crippen molar-refractivity contribution < 1.29 is 8.42 Å². The molecule has 0 saturated heterocycles. The monoisotopic (exact) mass is 314 g/mol. The van der Waals surface area contributed by atoms with E-state index in [9.17, 15) is 8.42 Å². The highest BCUT2D eigenvalue weighted by atomic mass is 32.2. The third-order valence-corrected chi connectivity index (χ3v) is 6.79. The van der Waals surface area contributed by atoms with Crippen LogP contribution in [0, 0.1) is 0 Å². The Kier molecular flexibility index (Phi) is 5.12. The Morgan fingerprint density at radius 1 is 1.35 bits per heavy atom. The first kappa shape index (κ1) is 15.8. The predicted octanol–water partition coefficient (Wildman–Crippen LogP) is 2.10. The summed E-state index contributed by atoms with van der Waals surface area (Å²) in [6.45, 7) is 0.849. The molecule has 4 nitrogen and oxygen atoms in total. The standard InChI is InChI=1S/C14H22N2O2S2/c1-19-14(7-2-3-8-14)11-16-20(17,18)13-6-4-5-12(9-13)10-15/h4-6,9,16H,2-3,7-8,10-11,15H2,1H3. The Bertz CT molecular complexity index is 552. The number of nitrogens with two attached hydrogens (primary N) is 1. The minimum Gasteiger partial charge on any atom is -0.326 e. The van der Waals surface area contributed by atoms with Crippen LogP contribution in [0.1, 0.15) is 31.2 Å². The van der Waals surface area contributed by atoms with E-state index in [0.29, 0.717) is 18.0 Å². The Morgan fingerprint density at radius 3 is 2.65 bits per heavy atom. The molecular formula is C14H22N2O2S2. The number of thioether (sulfide) groups is 1. The van der Waals surface area contributed by atoms with E-state index in [-0.39, 0.29) is 4.75 Å². The summed E-state index contributed by atoms with van der Waals surface area (Å²) in [4.78, 5) is 0.301. The van der Waals surface area contributed by atoms with Gasteiger partial charge in [0, 0.05) is 17.8 Å². The highest BCUT2D eigenvalue weighted by Crippen LogP contribution is 2.39. The van der Waals surface area contributed by atoms with Crippen molar-refractivity contribution in [2.24, 2.45) is 5.73 Å². The van der Waals surface area contributed by atoms with E-state index in [1.165, 1.54) is 12.8 Å². The van der Waals surface area contributed by atoms with Crippen molar-refractivity contribution in [1.29, 1.82) is 0 Å². The van der Waals surface area contributed by atoms with Gasteiger partial charge in [0.2, 0.25) is 10.0 Å². The van der Waals surface area contributed by atoms with Crippen LogP contribution in [0.2, 0.25) is 0 Å². The van der Waals surface area contributed by atoms with Gasteiger partial charge in [0.25, 0.3) is 0 Å². The van der Waals surface area contributed by atoms with Crippen molar-refractivity contribution in [2.45, 2.75) is 41.9 Å². The Balaban J connectivity index is 2.10. The second-order valence-corrected chi connectivity index (χ2v) is 8.31. The van der Waals surface area contributed by atoms with Crippen LogP contribution in [0.15, 0.2) is 29.2 Å². The second-order valence-electron chi connectivity index (χ2n) is 5.27. The molecule has 1 aromatic carbocycles. The van der Waals surface area contributed by atoms with Crippen LogP contribution in [0.3, 0.4) is 0 Å². The van der Waals surface area contributed by atoms with Gasteiger partial charge in [0.15, 0.2) is 0 Å². The molecule has 6 heteroatoms. The van der Waals surface area contributed by atoms with Gasteiger partial charge >= 0.3 is 0 Å². The zero-order valence-corrected chi connectivity index (χ0v) is 13.4. The van der Waals surface area contributed by atoms with Gasteiger partial charge in [-0.05, 0) is 36.8 Å². The SMILES string of the molecule is CSC1(CNS(=O)(=O)c2cccc(CN)c2)CCCC1. The van der Waals surface area contributed by atoms with E-state index in [4.69, 9.17) is 5.73 Å². The average Bonchev–Trinajstić information content (AvgIpc) is 2.95. The maximum absolute atomic E-state index is 12.4. The topological polar surface area (TPSA) is 72.2 Å². The van der Waals surface area contributed by atoms with Crippen molar-refractivity contribution in [3.8, 4) is 0 Å². The average molecular weight is 314 g/mol. The molecule has 0 spiro atoms. The fraction of sp³-hybridized carbons (Fsp3) is 0.571. The number of benzene rings is 1. The highest BCUT2D eigenvalue weighted by molar-refractivity contribution is 8.00. The highest BCUT2D eigenvalue weighted by Gasteiger charge is 2.34. The molecule has 0 aromatic heterocycles. The van der Waals surface area contributed by atoms with E-state index < -0.39 is 10.0 Å². The minimum atomic E-state index is -3.45. The summed E-state index contributed by atoms with van der Waals surface area (Å²) in [6, 6.07) is 6.82. The van der Waals surface area contributed by atoms with Gasteiger partial charge < -0.3 is 5.73 Å². The van der Waals surface area contributed by atoms with E-state index >= 15 is 0 Å². The molecule has 0 amide bonds. The summed E-state index contributed by atoms with van der Waals surface area (Å²) < 4.78 is 27.5. The van der Waals surface area contributed by atoms with Crippen molar-refractivity contribution >= 4 is 21.8 Å². The van der Waals surface area contributed by atoms with Gasteiger partial charge in [0.1, 0.15) is 0 Å². The van der Waals surface area contributed by atoms with Gasteiger partial charge in [-0.1, -0.05) is 25.0 Å². The quantitative estimate of drug-likeness (QED) is 0.843. The molecule has 1 aliphatic carbocycles. The van der Waals surface area contributed by atoms with E-state index in [2.05, 4.69) is 11.0 Å². The smallest absolute Gasteiger partial charge is 0.240 e. The molecule has 0 bridgehead atoms. The summed E-state index contributed by atoms with van der Waals surface area (Å²) in [5.74, 6) is 0. The lowest BCUT2D eigenvalue weighted by Crippen LogP contribution is -2.38. The molecule has 0 radical (unpaired) electrons. The van der Waals surface area contributed by atoms with Crippen LogP contribution >= 0.6 is 11.8 Å². The van der Waals surface area contributed by atoms with Crippen molar-refractivity contribution in [3.05, 3.63) is 29.8 Å². The molecule has 0 atom stereocenters. The lowest BCUT2D eigenvalue weighted by atomic mass is 10.1. The van der Waals surface area contributed by atoms with Gasteiger partial charge in [-0.2, -0.15) is 11.8 Å². The summed E-state index contributed by atoms with van der Waals surface area (Å²) in [6.07, 6.45) is 6.60. The van der Waals surface area contributed by atoms with E-state index in [1.807, 2.05) is 6.07 Å². The van der Waals surface area contributed by atoms with Crippen molar-refractivity contribution in [2.75, 3.05) is 12.8 Å². The van der Waals surface area contributed by atoms with Crippen LogP contribution in [0.5, 0.6) is 0 Å². The first-order valence-corrected chi connectivity index (χ1v) is 9.56. The Labute approximate surface area is 125 Å². The molecule has 1 aromatic rings. The Hall–Kier alpha value is -0.560. The zero-order chi connectivity index (χ0) is 14.6. The lowest BCUT2D eigenvalue weighted by Gasteiger charge is -2.26. The number of hydrogen-bond acceptors (Lipinski definition) is 4. The molecule has 0 aliphatic heterocycles. The van der Waals surface area contributed by atoms with Gasteiger partial charge in [-0.25, -0.2) is 13.1 Å². The predicted molar refractivity (Wildman–Crippen MR) is 84.2 cm³/mol. The number of nitrogens with one attached hydrogen (secondary N) is 1. The van der Waals surface area contributed by atoms with Crippen molar-refractivity contribution in [3.63, 3.8) is 0 Å². The molecule has 112 valence electrons. The Morgan fingerprint density at radius 2 is 2.05 bits per heavy atom. The first-order chi connectivity index (χ1) is 9.51. The van der Waals surface area contributed by atoms with Crippen molar-refractivity contribution in [1.82, 2.24) is 4.72 Å². The fourth-order valence-corrected chi connectivity index (χ4v) is 4.82. The van der Waals surface area contributed by atoms with Crippen LogP contribution in [0.4, 0.5) is 0 Å². The maximum atomic E-state index is 12.4. The fourth-order valence-electron chi connectivity index (χ4n) is 2.62. The van der Waals surface area contributed by atoms with Gasteiger partial charge in [-0.3, -0.25) is 0 Å². The molecule has 3 N–H and O–H groups in total. The molecular weight excluding hydrogens is 292 g/mol. The van der Waals surface area contributed by atoms with Crippen LogP contribution in [-0.2, 0) is 16.6 Å². The number of rotatable bonds is 6. The lowest BCUT2D eigenvalue weighted by molar-refractivity contribution is 0.551. The number of sulfonamides is 1. The summed E-state index contributed by atoms with van der Waals surface area (Å²) >= 11 is 1.78. The summed E-state index contributed by atoms with van der Waals surface area (Å²) in [5.41, 5.74) is 6.39. The van der Waals surface area contributed by atoms with Crippen LogP contribution < -0.4 is 10.5 Å². The van der Waals surface area contributed by atoms with Crippen LogP contribution in [0.25, 0.3) is 0 Å². The normalized spacial score (nSPS) is 18.3. The third kappa shape index (κ3) is 3.55. The zero-order valence-electron chi connectivity index (χ0n) is 11.8. The molecule has 1 fully saturated rings. The minimum absolute atomic E-state index is 0.0680. The number of hydrogen-bond donors (Lipinski definition) is 2. The summed E-state index contributed by atoms with van der Waals surface area (Å²) in [5, 5.41) is 0. The first-order valence-electron chi connectivity index (χ1n) is 6.85. The van der Waals surface area contributed by atoms with E-state index in [1.54, 1.807) is 30.0 Å². The van der Waals surface area contributed by atoms with Crippen LogP contribution in [-0.4, -0.2) is 26.0 Å². The molecule has 0 heterocycles. The van der Waals surface area contributed by atoms with Gasteiger partial charge in [0.05, 0.1) is 4.90 Å². The molecule has 1 saturated carbocycles. The molecule has 0 unspecified atom stereocenters. The third-order valence-electron chi connectivity index (χ3n) is 3.98. The largest absolute Gasteiger partial charge is 0.326 e. The maximum Gasteiger partial charge on any atom is 0.240 e. The molecule has 2 rings (SSSR count).